The van der Waals surface area contributed by atoms with Crippen molar-refractivity contribution >= 4 is 35.6 Å². The van der Waals surface area contributed by atoms with Crippen LogP contribution in [-0.4, -0.2) is 32.6 Å². The molecule has 0 saturated carbocycles. The molecule has 27 heavy (non-hydrogen) atoms. The van der Waals surface area contributed by atoms with Crippen LogP contribution >= 0.6 is 24.0 Å². The van der Waals surface area contributed by atoms with E-state index in [9.17, 15) is 0 Å². The Morgan fingerprint density at radius 1 is 1.07 bits per heavy atom. The first kappa shape index (κ1) is 21.5. The normalized spacial score (nSPS) is 15.2. The summed E-state index contributed by atoms with van der Waals surface area (Å²) < 4.78 is 0. The molecule has 5 heteroatoms. The molecular weight excluding hydrogens is 447 g/mol. The average molecular weight is 478 g/mol. The zero-order valence-electron chi connectivity index (χ0n) is 16.3. The lowest BCUT2D eigenvalue weighted by molar-refractivity contribution is 0.684. The van der Waals surface area contributed by atoms with Gasteiger partial charge in [-0.05, 0) is 49.4 Å². The van der Waals surface area contributed by atoms with Crippen LogP contribution < -0.4 is 15.5 Å². The van der Waals surface area contributed by atoms with Gasteiger partial charge in [-0.15, -0.1) is 24.0 Å². The van der Waals surface area contributed by atoms with Gasteiger partial charge in [-0.25, -0.2) is 0 Å². The summed E-state index contributed by atoms with van der Waals surface area (Å²) in [5, 5.41) is 6.92. The summed E-state index contributed by atoms with van der Waals surface area (Å²) in [6.07, 6.45) is 3.59. The van der Waals surface area contributed by atoms with Crippen LogP contribution in [0.15, 0.2) is 59.6 Å². The van der Waals surface area contributed by atoms with Crippen LogP contribution in [0.1, 0.15) is 36.9 Å². The number of rotatable bonds is 6. The Hall–Kier alpha value is -1.76. The molecule has 0 spiro atoms. The maximum absolute atomic E-state index is 4.37. The molecule has 2 N–H and O–H groups in total. The van der Waals surface area contributed by atoms with Crippen LogP contribution in [0.3, 0.4) is 0 Å². The van der Waals surface area contributed by atoms with Gasteiger partial charge < -0.3 is 15.5 Å². The minimum absolute atomic E-state index is 0. The number of anilines is 1. The number of hydrogen-bond acceptors (Lipinski definition) is 2. The molecule has 0 aliphatic carbocycles. The predicted octanol–water partition coefficient (Wildman–Crippen LogP) is 4.37. The highest BCUT2D eigenvalue weighted by atomic mass is 127. The van der Waals surface area contributed by atoms with Crippen molar-refractivity contribution in [1.29, 1.82) is 0 Å². The van der Waals surface area contributed by atoms with E-state index in [0.29, 0.717) is 0 Å². The van der Waals surface area contributed by atoms with Crippen molar-refractivity contribution in [2.24, 2.45) is 4.99 Å². The van der Waals surface area contributed by atoms with Crippen molar-refractivity contribution in [1.82, 2.24) is 10.6 Å². The third-order valence-electron chi connectivity index (χ3n) is 4.97. The maximum Gasteiger partial charge on any atom is 0.191 e. The molecule has 0 radical (unpaired) electrons. The van der Waals surface area contributed by atoms with E-state index in [4.69, 9.17) is 0 Å². The largest absolute Gasteiger partial charge is 0.372 e. The van der Waals surface area contributed by atoms with Crippen LogP contribution in [0.4, 0.5) is 5.69 Å². The first-order chi connectivity index (χ1) is 12.8. The Morgan fingerprint density at radius 3 is 2.52 bits per heavy atom. The molecule has 1 saturated heterocycles. The zero-order valence-corrected chi connectivity index (χ0v) is 18.6. The molecular formula is C22H31IN4. The number of guanidine groups is 1. The molecule has 1 aliphatic heterocycles. The fourth-order valence-electron chi connectivity index (χ4n) is 3.42. The summed E-state index contributed by atoms with van der Waals surface area (Å²) in [5.74, 6) is 0.847. The van der Waals surface area contributed by atoms with E-state index in [1.165, 1.54) is 42.7 Å². The van der Waals surface area contributed by atoms with Crippen LogP contribution in [0, 0.1) is 0 Å². The molecule has 146 valence electrons. The smallest absolute Gasteiger partial charge is 0.191 e. The fraction of sp³-hybridized carbons (Fsp3) is 0.409. The van der Waals surface area contributed by atoms with Gasteiger partial charge in [0.15, 0.2) is 5.96 Å². The Labute approximate surface area is 180 Å². The lowest BCUT2D eigenvalue weighted by Gasteiger charge is -2.22. The van der Waals surface area contributed by atoms with Gasteiger partial charge >= 0.3 is 0 Å². The van der Waals surface area contributed by atoms with Gasteiger partial charge in [-0.1, -0.05) is 42.5 Å². The van der Waals surface area contributed by atoms with E-state index in [2.05, 4.69) is 82.0 Å². The summed E-state index contributed by atoms with van der Waals surface area (Å²) in [6.45, 7) is 5.40. The molecule has 1 fully saturated rings. The monoisotopic (exact) mass is 478 g/mol. The Balaban J connectivity index is 0.00000261. The standard InChI is InChI=1S/C22H30N4.HI/c1-18(20-11-8-12-21(17-20)26-15-6-7-16-26)25-22(23-2)24-14-13-19-9-4-3-5-10-19;/h3-5,8-12,17-18H,6-7,13-16H2,1-2H3,(H2,23,24,25);1H. The van der Waals surface area contributed by atoms with Crippen molar-refractivity contribution in [3.05, 3.63) is 65.7 Å². The van der Waals surface area contributed by atoms with Crippen molar-refractivity contribution in [2.45, 2.75) is 32.2 Å². The number of nitrogens with one attached hydrogen (secondary N) is 2. The molecule has 4 nitrogen and oxygen atoms in total. The van der Waals surface area contributed by atoms with Crippen LogP contribution in [0.5, 0.6) is 0 Å². The van der Waals surface area contributed by atoms with Gasteiger partial charge in [0, 0.05) is 32.4 Å². The van der Waals surface area contributed by atoms with Gasteiger partial charge in [-0.2, -0.15) is 0 Å². The van der Waals surface area contributed by atoms with Gasteiger partial charge in [0.05, 0.1) is 6.04 Å². The van der Waals surface area contributed by atoms with Crippen LogP contribution in [0.25, 0.3) is 0 Å². The fourth-order valence-corrected chi connectivity index (χ4v) is 3.42. The average Bonchev–Trinajstić information content (AvgIpc) is 3.23. The van der Waals surface area contributed by atoms with Crippen LogP contribution in [0.2, 0.25) is 0 Å². The van der Waals surface area contributed by atoms with E-state index in [-0.39, 0.29) is 30.0 Å². The van der Waals surface area contributed by atoms with Crippen LogP contribution in [-0.2, 0) is 6.42 Å². The summed E-state index contributed by atoms with van der Waals surface area (Å²) in [4.78, 5) is 6.84. The van der Waals surface area contributed by atoms with E-state index in [1.807, 2.05) is 7.05 Å². The highest BCUT2D eigenvalue weighted by Crippen LogP contribution is 2.23. The SMILES string of the molecule is CN=C(NCCc1ccccc1)NC(C)c1cccc(N2CCCC2)c1.I. The number of aliphatic imine (C=N–C) groups is 1. The Kier molecular flexibility index (Phi) is 8.91. The van der Waals surface area contributed by atoms with Gasteiger partial charge in [0.2, 0.25) is 0 Å². The summed E-state index contributed by atoms with van der Waals surface area (Å²) in [5.41, 5.74) is 3.96. The van der Waals surface area contributed by atoms with Crippen molar-refractivity contribution in [3.63, 3.8) is 0 Å². The highest BCUT2D eigenvalue weighted by Gasteiger charge is 2.14. The van der Waals surface area contributed by atoms with E-state index < -0.39 is 0 Å². The van der Waals surface area contributed by atoms with Crippen molar-refractivity contribution in [3.8, 4) is 0 Å². The second kappa shape index (κ2) is 11.2. The summed E-state index contributed by atoms with van der Waals surface area (Å²) in [7, 11) is 1.82. The molecule has 1 unspecified atom stereocenters. The van der Waals surface area contributed by atoms with Gasteiger partial charge in [0.25, 0.3) is 0 Å². The maximum atomic E-state index is 4.37. The topological polar surface area (TPSA) is 39.7 Å². The van der Waals surface area contributed by atoms with Gasteiger partial charge in [0.1, 0.15) is 0 Å². The molecule has 0 aromatic heterocycles. The van der Waals surface area contributed by atoms with Crippen molar-refractivity contribution < 1.29 is 0 Å². The third-order valence-corrected chi connectivity index (χ3v) is 4.97. The van der Waals surface area contributed by atoms with E-state index in [0.717, 1.165) is 18.9 Å². The lowest BCUT2D eigenvalue weighted by atomic mass is 10.1. The number of nitrogens with zero attached hydrogens (tertiary/aromatic N) is 2. The predicted molar refractivity (Wildman–Crippen MR) is 126 cm³/mol. The first-order valence-electron chi connectivity index (χ1n) is 9.62. The molecule has 2 aromatic carbocycles. The molecule has 0 amide bonds. The summed E-state index contributed by atoms with van der Waals surface area (Å²) >= 11 is 0. The molecule has 3 rings (SSSR count). The first-order valence-corrected chi connectivity index (χ1v) is 9.62. The summed E-state index contributed by atoms with van der Waals surface area (Å²) in [6, 6.07) is 19.6. The van der Waals surface area contributed by atoms with E-state index in [1.54, 1.807) is 0 Å². The highest BCUT2D eigenvalue weighted by molar-refractivity contribution is 14.0. The molecule has 0 bridgehead atoms. The third kappa shape index (κ3) is 6.41. The molecule has 1 aliphatic rings. The molecule has 1 atom stereocenters. The van der Waals surface area contributed by atoms with Crippen molar-refractivity contribution in [2.75, 3.05) is 31.6 Å². The Bertz CT molecular complexity index is 711. The Morgan fingerprint density at radius 2 is 1.81 bits per heavy atom. The van der Waals surface area contributed by atoms with E-state index >= 15 is 0 Å². The number of benzene rings is 2. The number of halogens is 1. The zero-order chi connectivity index (χ0) is 18.2. The minimum atomic E-state index is 0. The second-order valence-corrected chi connectivity index (χ2v) is 6.89. The second-order valence-electron chi connectivity index (χ2n) is 6.89. The quantitative estimate of drug-likeness (QED) is 0.368. The number of hydrogen-bond donors (Lipinski definition) is 2. The molecule has 2 aromatic rings. The lowest BCUT2D eigenvalue weighted by Crippen LogP contribution is -2.39. The van der Waals surface area contributed by atoms with Gasteiger partial charge in [-0.3, -0.25) is 4.99 Å². The molecule has 1 heterocycles. The minimum Gasteiger partial charge on any atom is -0.372 e.